The monoisotopic (exact) mass is 477 g/mol. The van der Waals surface area contributed by atoms with Crippen LogP contribution in [0.2, 0.25) is 0 Å². The smallest absolute Gasteiger partial charge is 0.260 e. The van der Waals surface area contributed by atoms with Gasteiger partial charge in [0, 0.05) is 44.3 Å². The molecule has 0 amide bonds. The van der Waals surface area contributed by atoms with Crippen LogP contribution in [0.3, 0.4) is 0 Å². The van der Waals surface area contributed by atoms with Gasteiger partial charge in [-0.25, -0.2) is 4.98 Å². The molecule has 0 aliphatic carbocycles. The molecule has 0 saturated carbocycles. The average molecular weight is 478 g/mol. The van der Waals surface area contributed by atoms with Crippen molar-refractivity contribution in [2.45, 2.75) is 58.3 Å². The maximum atomic E-state index is 12.9. The number of nitrogens with zero attached hydrogens (tertiary/aromatic N) is 7. The van der Waals surface area contributed by atoms with Gasteiger partial charge in [-0.15, -0.1) is 0 Å². The summed E-state index contributed by atoms with van der Waals surface area (Å²) in [5, 5.41) is 13.8. The summed E-state index contributed by atoms with van der Waals surface area (Å²) in [4.78, 5) is 22.4. The quantitative estimate of drug-likeness (QED) is 0.534. The van der Waals surface area contributed by atoms with Gasteiger partial charge in [0.2, 0.25) is 6.79 Å². The van der Waals surface area contributed by atoms with Crippen LogP contribution in [0.15, 0.2) is 29.2 Å². The van der Waals surface area contributed by atoms with E-state index in [1.165, 1.54) is 0 Å². The third-order valence-electron chi connectivity index (χ3n) is 7.34. The number of nitriles is 1. The number of rotatable bonds is 6. The Morgan fingerprint density at radius 1 is 1.20 bits per heavy atom. The fourth-order valence-corrected chi connectivity index (χ4v) is 5.27. The van der Waals surface area contributed by atoms with Crippen molar-refractivity contribution in [3.05, 3.63) is 40.4 Å². The number of aromatic nitrogens is 4. The van der Waals surface area contributed by atoms with E-state index in [1.54, 1.807) is 28.6 Å². The standard InChI is InChI=1S/C25H31N7O3/c1-5-17-13-32(20-11-23(33)29(4)21-14-30(10-9-26)28-24(20)21)18(6-2)12-31(17)16(3)19-7-8-22-25(27-19)35-15-34-22/h7-8,11,14,16-18H,5-6,10,12-13,15H2,1-4H3/t16?,17-,18+/m1/s1. The number of hydrogen-bond donors (Lipinski definition) is 0. The Labute approximate surface area is 204 Å². The molecule has 2 aliphatic heterocycles. The van der Waals surface area contributed by atoms with E-state index in [2.05, 4.69) is 41.7 Å². The molecule has 3 aromatic heterocycles. The lowest BCUT2D eigenvalue weighted by Crippen LogP contribution is -2.58. The molecule has 0 aromatic carbocycles. The number of anilines is 1. The van der Waals surface area contributed by atoms with Crippen molar-refractivity contribution >= 4 is 16.7 Å². The molecule has 1 fully saturated rings. The van der Waals surface area contributed by atoms with Crippen LogP contribution in [-0.4, -0.2) is 56.2 Å². The second-order valence-electron chi connectivity index (χ2n) is 9.24. The van der Waals surface area contributed by atoms with E-state index < -0.39 is 0 Å². The highest BCUT2D eigenvalue weighted by atomic mass is 16.7. The number of piperazine rings is 1. The molecule has 5 heterocycles. The molecular formula is C25H31N7O3. The maximum Gasteiger partial charge on any atom is 0.260 e. The van der Waals surface area contributed by atoms with Crippen molar-refractivity contribution in [2.24, 2.45) is 7.05 Å². The van der Waals surface area contributed by atoms with Crippen LogP contribution in [-0.2, 0) is 13.6 Å². The normalized spacial score (nSPS) is 20.8. The first-order chi connectivity index (χ1) is 16.9. The van der Waals surface area contributed by atoms with Gasteiger partial charge in [-0.05, 0) is 31.9 Å². The highest BCUT2D eigenvalue weighted by Gasteiger charge is 2.37. The minimum Gasteiger partial charge on any atom is -0.452 e. The fraction of sp³-hybridized carbons (Fsp3) is 0.520. The van der Waals surface area contributed by atoms with Crippen molar-refractivity contribution in [1.82, 2.24) is 24.2 Å². The first-order valence-electron chi connectivity index (χ1n) is 12.2. The van der Waals surface area contributed by atoms with E-state index in [9.17, 15) is 4.79 Å². The Morgan fingerprint density at radius 3 is 2.74 bits per heavy atom. The number of hydrogen-bond acceptors (Lipinski definition) is 8. The highest BCUT2D eigenvalue weighted by Crippen LogP contribution is 2.36. The Kier molecular flexibility index (Phi) is 6.11. The Hall–Kier alpha value is -3.58. The van der Waals surface area contributed by atoms with Gasteiger partial charge in [0.05, 0.1) is 29.2 Å². The molecule has 184 valence electrons. The van der Waals surface area contributed by atoms with Crippen LogP contribution in [0, 0.1) is 11.3 Å². The molecule has 0 spiro atoms. The minimum absolute atomic E-state index is 0.0766. The summed E-state index contributed by atoms with van der Waals surface area (Å²) in [6.07, 6.45) is 3.66. The van der Waals surface area contributed by atoms with Gasteiger partial charge in [-0.3, -0.25) is 14.4 Å². The third-order valence-corrected chi connectivity index (χ3v) is 7.34. The summed E-state index contributed by atoms with van der Waals surface area (Å²) in [6.45, 7) is 8.53. The lowest BCUT2D eigenvalue weighted by Gasteiger charge is -2.49. The zero-order valence-corrected chi connectivity index (χ0v) is 20.6. The summed E-state index contributed by atoms with van der Waals surface area (Å²) in [5.74, 6) is 1.25. The number of fused-ring (bicyclic) bond motifs is 2. The Balaban J connectivity index is 1.49. The van der Waals surface area contributed by atoms with Crippen LogP contribution >= 0.6 is 0 Å². The molecule has 3 atom stereocenters. The number of pyridine rings is 2. The average Bonchev–Trinajstić information content (AvgIpc) is 3.52. The zero-order valence-electron chi connectivity index (χ0n) is 20.6. The first kappa shape index (κ1) is 23.2. The van der Waals surface area contributed by atoms with Crippen LogP contribution in [0.5, 0.6) is 11.6 Å². The highest BCUT2D eigenvalue weighted by molar-refractivity contribution is 5.88. The Bertz CT molecular complexity index is 1340. The second kappa shape index (κ2) is 9.23. The summed E-state index contributed by atoms with van der Waals surface area (Å²) in [6, 6.07) is 8.35. The Morgan fingerprint density at radius 2 is 2.00 bits per heavy atom. The van der Waals surface area contributed by atoms with Crippen molar-refractivity contribution < 1.29 is 9.47 Å². The number of aryl methyl sites for hydroxylation is 1. The molecular weight excluding hydrogens is 446 g/mol. The molecule has 3 aromatic rings. The largest absolute Gasteiger partial charge is 0.452 e. The lowest BCUT2D eigenvalue weighted by atomic mass is 9.98. The SMILES string of the molecule is CC[C@H]1CN(C(C)c2ccc3c(n2)OCO3)[C@H](CC)CN1c1cc(=O)n(C)c2cn(CC#N)nc12. The maximum absolute atomic E-state index is 12.9. The summed E-state index contributed by atoms with van der Waals surface area (Å²) >= 11 is 0. The predicted octanol–water partition coefficient (Wildman–Crippen LogP) is 2.82. The topological polar surface area (TPSA) is 101 Å². The van der Waals surface area contributed by atoms with Gasteiger partial charge in [0.1, 0.15) is 12.1 Å². The second-order valence-corrected chi connectivity index (χ2v) is 9.24. The molecule has 10 heteroatoms. The van der Waals surface area contributed by atoms with Gasteiger partial charge in [-0.1, -0.05) is 13.8 Å². The lowest BCUT2D eigenvalue weighted by molar-refractivity contribution is 0.0987. The van der Waals surface area contributed by atoms with Crippen LogP contribution < -0.4 is 19.9 Å². The van der Waals surface area contributed by atoms with Gasteiger partial charge in [-0.2, -0.15) is 10.4 Å². The predicted molar refractivity (Wildman–Crippen MR) is 132 cm³/mol. The first-order valence-corrected chi connectivity index (χ1v) is 12.2. The van der Waals surface area contributed by atoms with Gasteiger partial charge in [0.15, 0.2) is 5.75 Å². The van der Waals surface area contributed by atoms with E-state index in [4.69, 9.17) is 19.7 Å². The van der Waals surface area contributed by atoms with Crippen molar-refractivity contribution in [3.8, 4) is 17.7 Å². The van der Waals surface area contributed by atoms with Gasteiger partial charge < -0.3 is 18.9 Å². The van der Waals surface area contributed by atoms with Crippen molar-refractivity contribution in [1.29, 1.82) is 5.26 Å². The van der Waals surface area contributed by atoms with E-state index >= 15 is 0 Å². The van der Waals surface area contributed by atoms with Crippen molar-refractivity contribution in [3.63, 3.8) is 0 Å². The van der Waals surface area contributed by atoms with Gasteiger partial charge >= 0.3 is 0 Å². The van der Waals surface area contributed by atoms with E-state index in [0.717, 1.165) is 48.3 Å². The molecule has 2 aliphatic rings. The molecule has 1 saturated heterocycles. The third kappa shape index (κ3) is 4.00. The summed E-state index contributed by atoms with van der Waals surface area (Å²) in [5.41, 5.74) is 3.23. The van der Waals surface area contributed by atoms with Crippen LogP contribution in [0.4, 0.5) is 5.69 Å². The van der Waals surface area contributed by atoms with Gasteiger partial charge in [0.25, 0.3) is 11.4 Å². The van der Waals surface area contributed by atoms with E-state index in [-0.39, 0.29) is 37.0 Å². The van der Waals surface area contributed by atoms with E-state index in [1.807, 2.05) is 12.1 Å². The molecule has 1 unspecified atom stereocenters. The molecule has 0 N–H and O–H groups in total. The molecule has 35 heavy (non-hydrogen) atoms. The van der Waals surface area contributed by atoms with Crippen LogP contribution in [0.25, 0.3) is 11.0 Å². The van der Waals surface area contributed by atoms with Crippen LogP contribution in [0.1, 0.15) is 45.3 Å². The summed E-state index contributed by atoms with van der Waals surface area (Å²) in [7, 11) is 1.75. The zero-order chi connectivity index (χ0) is 24.7. The molecule has 0 bridgehead atoms. The molecule has 10 nitrogen and oxygen atoms in total. The summed E-state index contributed by atoms with van der Waals surface area (Å²) < 4.78 is 14.1. The number of ether oxygens (including phenoxy) is 2. The van der Waals surface area contributed by atoms with E-state index in [0.29, 0.717) is 11.6 Å². The minimum atomic E-state index is -0.0766. The fourth-order valence-electron chi connectivity index (χ4n) is 5.27. The van der Waals surface area contributed by atoms with Crippen molar-refractivity contribution in [2.75, 3.05) is 24.8 Å². The molecule has 0 radical (unpaired) electrons. The molecule has 5 rings (SSSR count).